The molecule has 0 fully saturated rings. The third kappa shape index (κ3) is 3.51. The Balaban J connectivity index is 2.37. The SMILES string of the molecule is Cc1ccc(C(CN)(CO)Cc2ccc(F)c(Br)c2)cc1. The van der Waals surface area contributed by atoms with Crippen molar-refractivity contribution in [3.8, 4) is 0 Å². The molecule has 0 aliphatic rings. The Hall–Kier alpha value is -1.23. The quantitative estimate of drug-likeness (QED) is 0.867. The predicted molar refractivity (Wildman–Crippen MR) is 86.8 cm³/mol. The second-order valence-corrected chi connectivity index (χ2v) is 6.29. The number of aryl methyl sites for hydroxylation is 1. The zero-order chi connectivity index (χ0) is 15.5. The molecule has 0 amide bonds. The van der Waals surface area contributed by atoms with Crippen molar-refractivity contribution in [2.75, 3.05) is 13.2 Å². The van der Waals surface area contributed by atoms with E-state index in [2.05, 4.69) is 15.9 Å². The molecular weight excluding hydrogens is 333 g/mol. The van der Waals surface area contributed by atoms with E-state index >= 15 is 0 Å². The van der Waals surface area contributed by atoms with Gasteiger partial charge >= 0.3 is 0 Å². The normalized spacial score (nSPS) is 14.0. The first-order chi connectivity index (χ1) is 10.0. The first-order valence-corrected chi connectivity index (χ1v) is 7.62. The van der Waals surface area contributed by atoms with Crippen molar-refractivity contribution in [2.45, 2.75) is 18.8 Å². The van der Waals surface area contributed by atoms with Gasteiger partial charge in [0, 0.05) is 12.0 Å². The van der Waals surface area contributed by atoms with Crippen LogP contribution < -0.4 is 5.73 Å². The lowest BCUT2D eigenvalue weighted by molar-refractivity contribution is 0.196. The fraction of sp³-hybridized carbons (Fsp3) is 0.294. The Morgan fingerprint density at radius 1 is 1.19 bits per heavy atom. The number of hydrogen-bond donors (Lipinski definition) is 2. The van der Waals surface area contributed by atoms with Crippen molar-refractivity contribution < 1.29 is 9.50 Å². The summed E-state index contributed by atoms with van der Waals surface area (Å²) in [5.41, 5.74) is 8.50. The van der Waals surface area contributed by atoms with Crippen LogP contribution in [-0.2, 0) is 11.8 Å². The van der Waals surface area contributed by atoms with Crippen molar-refractivity contribution in [2.24, 2.45) is 5.73 Å². The maximum atomic E-state index is 13.3. The van der Waals surface area contributed by atoms with Gasteiger partial charge in [0.05, 0.1) is 11.1 Å². The second kappa shape index (κ2) is 6.69. The van der Waals surface area contributed by atoms with Gasteiger partial charge in [-0.15, -0.1) is 0 Å². The van der Waals surface area contributed by atoms with Crippen molar-refractivity contribution >= 4 is 15.9 Å². The number of hydrogen-bond acceptors (Lipinski definition) is 2. The molecule has 0 aliphatic heterocycles. The lowest BCUT2D eigenvalue weighted by atomic mass is 9.76. The average Bonchev–Trinajstić information content (AvgIpc) is 2.49. The van der Waals surface area contributed by atoms with E-state index in [1.54, 1.807) is 12.1 Å². The van der Waals surface area contributed by atoms with E-state index < -0.39 is 5.41 Å². The molecule has 0 saturated carbocycles. The molecule has 0 aromatic heterocycles. The van der Waals surface area contributed by atoms with Crippen molar-refractivity contribution in [1.82, 2.24) is 0 Å². The fourth-order valence-electron chi connectivity index (χ4n) is 2.45. The molecule has 0 radical (unpaired) electrons. The third-order valence-corrected chi connectivity index (χ3v) is 4.49. The van der Waals surface area contributed by atoms with Crippen molar-refractivity contribution in [3.63, 3.8) is 0 Å². The standard InChI is InChI=1S/C17H19BrFNO/c1-12-2-5-14(6-3-12)17(10-20,11-21)9-13-4-7-16(19)15(18)8-13/h2-8,21H,9-11,20H2,1H3. The molecule has 3 N–H and O–H groups in total. The minimum Gasteiger partial charge on any atom is -0.395 e. The van der Waals surface area contributed by atoms with E-state index in [0.29, 0.717) is 17.4 Å². The minimum absolute atomic E-state index is 0.0540. The van der Waals surface area contributed by atoms with Crippen molar-refractivity contribution in [1.29, 1.82) is 0 Å². The highest BCUT2D eigenvalue weighted by molar-refractivity contribution is 9.10. The molecule has 1 unspecified atom stereocenters. The van der Waals surface area contributed by atoms with Crippen LogP contribution in [0.15, 0.2) is 46.9 Å². The van der Waals surface area contributed by atoms with Crippen LogP contribution in [0.25, 0.3) is 0 Å². The van der Waals surface area contributed by atoms with Crippen LogP contribution in [0.2, 0.25) is 0 Å². The minimum atomic E-state index is -0.551. The molecule has 0 bridgehead atoms. The summed E-state index contributed by atoms with van der Waals surface area (Å²) in [6.45, 7) is 2.28. The summed E-state index contributed by atoms with van der Waals surface area (Å²) in [5.74, 6) is -0.295. The van der Waals surface area contributed by atoms with Gasteiger partial charge in [-0.2, -0.15) is 0 Å². The van der Waals surface area contributed by atoms with Crippen LogP contribution in [0.1, 0.15) is 16.7 Å². The number of benzene rings is 2. The highest BCUT2D eigenvalue weighted by atomic mass is 79.9. The highest BCUT2D eigenvalue weighted by Crippen LogP contribution is 2.29. The highest BCUT2D eigenvalue weighted by Gasteiger charge is 2.30. The van der Waals surface area contributed by atoms with Gasteiger partial charge in [-0.05, 0) is 52.5 Å². The van der Waals surface area contributed by atoms with Crippen LogP contribution in [-0.4, -0.2) is 18.3 Å². The Labute approximate surface area is 132 Å². The number of halogens is 2. The molecule has 112 valence electrons. The Morgan fingerprint density at radius 2 is 1.86 bits per heavy atom. The van der Waals surface area contributed by atoms with Crippen LogP contribution in [0.3, 0.4) is 0 Å². The van der Waals surface area contributed by atoms with Gasteiger partial charge < -0.3 is 10.8 Å². The van der Waals surface area contributed by atoms with E-state index in [1.807, 2.05) is 31.2 Å². The predicted octanol–water partition coefficient (Wildman–Crippen LogP) is 3.33. The molecule has 2 rings (SSSR count). The summed E-state index contributed by atoms with van der Waals surface area (Å²) in [6, 6.07) is 12.9. The maximum absolute atomic E-state index is 13.3. The molecule has 2 aromatic carbocycles. The first-order valence-electron chi connectivity index (χ1n) is 6.83. The molecule has 4 heteroatoms. The largest absolute Gasteiger partial charge is 0.395 e. The number of nitrogens with two attached hydrogens (primary N) is 1. The van der Waals surface area contributed by atoms with E-state index in [9.17, 15) is 9.50 Å². The van der Waals surface area contributed by atoms with E-state index in [-0.39, 0.29) is 12.4 Å². The second-order valence-electron chi connectivity index (χ2n) is 5.43. The summed E-state index contributed by atoms with van der Waals surface area (Å²) in [7, 11) is 0. The Morgan fingerprint density at radius 3 is 2.38 bits per heavy atom. The van der Waals surface area contributed by atoms with Crippen LogP contribution in [0.5, 0.6) is 0 Å². The number of aliphatic hydroxyl groups excluding tert-OH is 1. The average molecular weight is 352 g/mol. The van der Waals surface area contributed by atoms with Gasteiger partial charge in [0.2, 0.25) is 0 Å². The van der Waals surface area contributed by atoms with E-state index in [0.717, 1.165) is 16.7 Å². The monoisotopic (exact) mass is 351 g/mol. The first kappa shape index (κ1) is 16.1. The zero-order valence-electron chi connectivity index (χ0n) is 11.9. The van der Waals surface area contributed by atoms with Gasteiger partial charge in [-0.25, -0.2) is 4.39 Å². The van der Waals surface area contributed by atoms with E-state index in [1.165, 1.54) is 6.07 Å². The van der Waals surface area contributed by atoms with Crippen LogP contribution >= 0.6 is 15.9 Å². The van der Waals surface area contributed by atoms with Crippen LogP contribution in [0.4, 0.5) is 4.39 Å². The Kier molecular flexibility index (Phi) is 5.14. The number of aliphatic hydroxyl groups is 1. The fourth-order valence-corrected chi connectivity index (χ4v) is 2.88. The van der Waals surface area contributed by atoms with Gasteiger partial charge in [-0.3, -0.25) is 0 Å². The topological polar surface area (TPSA) is 46.2 Å². The molecular formula is C17H19BrFNO. The summed E-state index contributed by atoms with van der Waals surface area (Å²) in [5, 5.41) is 9.92. The molecule has 0 heterocycles. The van der Waals surface area contributed by atoms with Gasteiger partial charge in [0.15, 0.2) is 0 Å². The molecule has 0 spiro atoms. The number of rotatable bonds is 5. The molecule has 0 aliphatic carbocycles. The van der Waals surface area contributed by atoms with Crippen LogP contribution in [0, 0.1) is 12.7 Å². The smallest absolute Gasteiger partial charge is 0.137 e. The maximum Gasteiger partial charge on any atom is 0.137 e. The molecule has 0 saturated heterocycles. The van der Waals surface area contributed by atoms with Crippen molar-refractivity contribution in [3.05, 3.63) is 69.4 Å². The molecule has 2 aromatic rings. The lowest BCUT2D eigenvalue weighted by Crippen LogP contribution is -2.41. The molecule has 1 atom stereocenters. The zero-order valence-corrected chi connectivity index (χ0v) is 13.5. The van der Waals surface area contributed by atoms with E-state index in [4.69, 9.17) is 5.73 Å². The summed E-state index contributed by atoms with van der Waals surface area (Å²) in [4.78, 5) is 0. The Bertz CT molecular complexity index is 609. The summed E-state index contributed by atoms with van der Waals surface area (Å²) < 4.78 is 13.8. The summed E-state index contributed by atoms with van der Waals surface area (Å²) in [6.07, 6.45) is 0.557. The van der Waals surface area contributed by atoms with Gasteiger partial charge in [0.1, 0.15) is 5.82 Å². The molecule has 2 nitrogen and oxygen atoms in total. The van der Waals surface area contributed by atoms with Gasteiger partial charge in [-0.1, -0.05) is 35.9 Å². The lowest BCUT2D eigenvalue weighted by Gasteiger charge is -2.31. The summed E-state index contributed by atoms with van der Waals surface area (Å²) >= 11 is 3.19. The van der Waals surface area contributed by atoms with Gasteiger partial charge in [0.25, 0.3) is 0 Å². The molecule has 21 heavy (non-hydrogen) atoms. The third-order valence-electron chi connectivity index (χ3n) is 3.88.